The normalized spacial score (nSPS) is 38.9. The summed E-state index contributed by atoms with van der Waals surface area (Å²) in [4.78, 5) is 5.78. The van der Waals surface area contributed by atoms with E-state index in [-0.39, 0.29) is 6.04 Å². The van der Waals surface area contributed by atoms with E-state index >= 15 is 0 Å². The van der Waals surface area contributed by atoms with Gasteiger partial charge in [-0.2, -0.15) is 5.26 Å². The van der Waals surface area contributed by atoms with Gasteiger partial charge < -0.3 is 0 Å². The second-order valence-corrected chi connectivity index (χ2v) is 5.71. The van der Waals surface area contributed by atoms with Gasteiger partial charge in [0, 0.05) is 0 Å². The van der Waals surface area contributed by atoms with Gasteiger partial charge in [0.15, 0.2) is 0 Å². The van der Waals surface area contributed by atoms with Crippen LogP contribution >= 0.6 is 0 Å². The SMILES string of the molecule is N#CC1(C2CON(C3CCCCC3)N2)CCCN1. The zero-order chi connectivity index (χ0) is 12.4. The van der Waals surface area contributed by atoms with Gasteiger partial charge in [0.25, 0.3) is 0 Å². The molecule has 0 radical (unpaired) electrons. The molecule has 2 atom stereocenters. The summed E-state index contributed by atoms with van der Waals surface area (Å²) < 4.78 is 0. The Labute approximate surface area is 108 Å². The molecule has 0 bridgehead atoms. The van der Waals surface area contributed by atoms with Gasteiger partial charge in [-0.3, -0.25) is 10.2 Å². The molecule has 18 heavy (non-hydrogen) atoms. The first-order valence-electron chi connectivity index (χ1n) is 7.19. The van der Waals surface area contributed by atoms with E-state index in [0.29, 0.717) is 12.6 Å². The van der Waals surface area contributed by atoms with E-state index < -0.39 is 5.54 Å². The van der Waals surface area contributed by atoms with Crippen LogP contribution in [-0.4, -0.2) is 35.9 Å². The van der Waals surface area contributed by atoms with Gasteiger partial charge >= 0.3 is 0 Å². The highest BCUT2D eigenvalue weighted by Gasteiger charge is 2.46. The Morgan fingerprint density at radius 1 is 1.22 bits per heavy atom. The van der Waals surface area contributed by atoms with Crippen molar-refractivity contribution in [1.82, 2.24) is 15.9 Å². The number of nitrogens with zero attached hydrogens (tertiary/aromatic N) is 2. The predicted octanol–water partition coefficient (Wildman–Crippen LogP) is 1.09. The molecule has 2 unspecified atom stereocenters. The Bertz CT molecular complexity index is 328. The summed E-state index contributed by atoms with van der Waals surface area (Å²) in [5.74, 6) is 0. The van der Waals surface area contributed by atoms with Crippen molar-refractivity contribution < 1.29 is 4.84 Å². The fourth-order valence-electron chi connectivity index (χ4n) is 3.40. The van der Waals surface area contributed by atoms with Crippen LogP contribution in [0.3, 0.4) is 0 Å². The second kappa shape index (κ2) is 5.14. The number of nitrogens with one attached hydrogen (secondary N) is 2. The number of nitriles is 1. The maximum Gasteiger partial charge on any atom is 0.126 e. The summed E-state index contributed by atoms with van der Waals surface area (Å²) >= 11 is 0. The molecule has 3 rings (SSSR count). The average Bonchev–Trinajstić information content (AvgIpc) is 3.09. The second-order valence-electron chi connectivity index (χ2n) is 5.71. The Kier molecular flexibility index (Phi) is 3.53. The zero-order valence-electron chi connectivity index (χ0n) is 10.8. The Hall–Kier alpha value is -0.670. The third-order valence-electron chi connectivity index (χ3n) is 4.55. The molecule has 1 saturated carbocycles. The maximum absolute atomic E-state index is 9.45. The van der Waals surface area contributed by atoms with Gasteiger partial charge in [-0.1, -0.05) is 19.3 Å². The lowest BCUT2D eigenvalue weighted by Gasteiger charge is -2.31. The van der Waals surface area contributed by atoms with Gasteiger partial charge in [0.2, 0.25) is 0 Å². The summed E-state index contributed by atoms with van der Waals surface area (Å²) in [5.41, 5.74) is 2.99. The van der Waals surface area contributed by atoms with Crippen LogP contribution in [0.1, 0.15) is 44.9 Å². The Morgan fingerprint density at radius 2 is 2.06 bits per heavy atom. The molecule has 100 valence electrons. The number of hydrogen-bond acceptors (Lipinski definition) is 5. The third kappa shape index (κ3) is 2.14. The fraction of sp³-hybridized carbons (Fsp3) is 0.923. The van der Waals surface area contributed by atoms with Crippen LogP contribution in [-0.2, 0) is 4.84 Å². The first-order valence-corrected chi connectivity index (χ1v) is 7.19. The molecule has 0 aromatic carbocycles. The monoisotopic (exact) mass is 250 g/mol. The topological polar surface area (TPSA) is 60.3 Å². The molecule has 0 amide bonds. The molecule has 0 aromatic rings. The predicted molar refractivity (Wildman–Crippen MR) is 67.2 cm³/mol. The third-order valence-corrected chi connectivity index (χ3v) is 4.55. The summed E-state index contributed by atoms with van der Waals surface area (Å²) in [6.07, 6.45) is 8.33. The summed E-state index contributed by atoms with van der Waals surface area (Å²) in [7, 11) is 0. The van der Waals surface area contributed by atoms with E-state index in [1.165, 1.54) is 32.1 Å². The van der Waals surface area contributed by atoms with Crippen LogP contribution in [0.25, 0.3) is 0 Å². The van der Waals surface area contributed by atoms with Gasteiger partial charge in [-0.15, -0.1) is 5.17 Å². The quantitative estimate of drug-likeness (QED) is 0.768. The van der Waals surface area contributed by atoms with Crippen molar-refractivity contribution >= 4 is 0 Å². The minimum atomic E-state index is -0.427. The molecule has 1 aliphatic carbocycles. The minimum Gasteiger partial charge on any atom is -0.298 e. The van der Waals surface area contributed by atoms with Crippen LogP contribution in [0.5, 0.6) is 0 Å². The smallest absolute Gasteiger partial charge is 0.126 e. The zero-order valence-corrected chi connectivity index (χ0v) is 10.8. The highest BCUT2D eigenvalue weighted by atomic mass is 16.7. The molecule has 2 saturated heterocycles. The lowest BCUT2D eigenvalue weighted by atomic mass is 9.91. The van der Waals surface area contributed by atoms with E-state index in [9.17, 15) is 5.26 Å². The van der Waals surface area contributed by atoms with E-state index in [4.69, 9.17) is 4.84 Å². The lowest BCUT2D eigenvalue weighted by Crippen LogP contribution is -2.57. The van der Waals surface area contributed by atoms with Crippen LogP contribution in [0.15, 0.2) is 0 Å². The van der Waals surface area contributed by atoms with Gasteiger partial charge in [-0.25, -0.2) is 5.43 Å². The van der Waals surface area contributed by atoms with Gasteiger partial charge in [0.1, 0.15) is 5.54 Å². The Balaban J connectivity index is 1.62. The number of hydrazine groups is 1. The molecule has 2 N–H and O–H groups in total. The summed E-state index contributed by atoms with van der Waals surface area (Å²) in [5, 5.41) is 14.7. The first-order chi connectivity index (χ1) is 8.84. The van der Waals surface area contributed by atoms with Crippen molar-refractivity contribution in [2.75, 3.05) is 13.2 Å². The van der Waals surface area contributed by atoms with E-state index in [1.54, 1.807) is 0 Å². The van der Waals surface area contributed by atoms with Crippen molar-refractivity contribution in [1.29, 1.82) is 5.26 Å². The molecule has 2 aliphatic heterocycles. The average molecular weight is 250 g/mol. The first kappa shape index (κ1) is 12.4. The minimum absolute atomic E-state index is 0.0897. The van der Waals surface area contributed by atoms with Gasteiger partial charge in [0.05, 0.1) is 24.8 Å². The molecule has 3 aliphatic rings. The van der Waals surface area contributed by atoms with Crippen molar-refractivity contribution in [2.45, 2.75) is 62.6 Å². The number of rotatable bonds is 2. The Morgan fingerprint density at radius 3 is 2.72 bits per heavy atom. The van der Waals surface area contributed by atoms with Crippen LogP contribution in [0.4, 0.5) is 0 Å². The molecular weight excluding hydrogens is 228 g/mol. The molecule has 0 spiro atoms. The molecule has 5 nitrogen and oxygen atoms in total. The van der Waals surface area contributed by atoms with Crippen LogP contribution < -0.4 is 10.7 Å². The number of hydroxylamine groups is 1. The lowest BCUT2D eigenvalue weighted by molar-refractivity contribution is -0.177. The van der Waals surface area contributed by atoms with Crippen LogP contribution in [0.2, 0.25) is 0 Å². The highest BCUT2D eigenvalue weighted by Crippen LogP contribution is 2.29. The number of hydrogen-bond donors (Lipinski definition) is 2. The van der Waals surface area contributed by atoms with Crippen molar-refractivity contribution in [2.24, 2.45) is 0 Å². The van der Waals surface area contributed by atoms with Crippen molar-refractivity contribution in [3.05, 3.63) is 0 Å². The summed E-state index contributed by atoms with van der Waals surface area (Å²) in [6.45, 7) is 1.55. The molecule has 3 fully saturated rings. The van der Waals surface area contributed by atoms with Crippen molar-refractivity contribution in [3.63, 3.8) is 0 Å². The van der Waals surface area contributed by atoms with Crippen LogP contribution in [0, 0.1) is 11.3 Å². The highest BCUT2D eigenvalue weighted by molar-refractivity contribution is 5.17. The molecule has 5 heteroatoms. The fourth-order valence-corrected chi connectivity index (χ4v) is 3.40. The van der Waals surface area contributed by atoms with E-state index in [1.807, 2.05) is 5.17 Å². The summed E-state index contributed by atoms with van der Waals surface area (Å²) in [6, 6.07) is 3.04. The largest absolute Gasteiger partial charge is 0.298 e. The van der Waals surface area contributed by atoms with Crippen molar-refractivity contribution in [3.8, 4) is 6.07 Å². The molecular formula is C13H22N4O. The molecule has 0 aromatic heterocycles. The van der Waals surface area contributed by atoms with E-state index in [0.717, 1.165) is 19.4 Å². The standard InChI is InChI=1S/C13H22N4O/c14-10-13(7-4-8-15-13)12-9-18-17(16-12)11-5-2-1-3-6-11/h11-12,15-16H,1-9H2. The maximum atomic E-state index is 9.45. The van der Waals surface area contributed by atoms with Gasteiger partial charge in [-0.05, 0) is 32.2 Å². The van der Waals surface area contributed by atoms with E-state index in [2.05, 4.69) is 16.8 Å². The molecule has 2 heterocycles.